The zero-order valence-corrected chi connectivity index (χ0v) is 12.2. The number of benzene rings is 1. The lowest BCUT2D eigenvalue weighted by molar-refractivity contribution is -0.119. The van der Waals surface area contributed by atoms with Crippen LogP contribution in [0.2, 0.25) is 0 Å². The smallest absolute Gasteiger partial charge is 0.195 e. The molecule has 0 amide bonds. The Balaban J connectivity index is 2.11. The van der Waals surface area contributed by atoms with Crippen LogP contribution in [-0.4, -0.2) is 20.5 Å². The minimum atomic E-state index is -1.53. The van der Waals surface area contributed by atoms with Crippen LogP contribution in [0.3, 0.4) is 0 Å². The van der Waals surface area contributed by atoms with E-state index in [0.717, 1.165) is 12.1 Å². The molecule has 2 heterocycles. The van der Waals surface area contributed by atoms with E-state index in [1.807, 2.05) is 0 Å². The van der Waals surface area contributed by atoms with Crippen molar-refractivity contribution in [3.8, 4) is 11.1 Å². The number of carbonyl (C=O) groups is 1. The summed E-state index contributed by atoms with van der Waals surface area (Å²) in [6.45, 7) is 1.82. The third-order valence-corrected chi connectivity index (χ3v) is 3.56. The van der Waals surface area contributed by atoms with Gasteiger partial charge in [0, 0.05) is 23.7 Å². The second-order valence-corrected chi connectivity index (χ2v) is 5.05. The Morgan fingerprint density at radius 3 is 2.70 bits per heavy atom. The Morgan fingerprint density at radius 1 is 1.17 bits per heavy atom. The summed E-state index contributed by atoms with van der Waals surface area (Å²) in [4.78, 5) is 15.7. The number of nitrogens with zero attached hydrogens (tertiary/aromatic N) is 3. The molecule has 118 valence electrons. The van der Waals surface area contributed by atoms with Crippen molar-refractivity contribution in [2.45, 2.75) is 19.9 Å². The molecule has 0 N–H and O–H groups in total. The fourth-order valence-electron chi connectivity index (χ4n) is 2.26. The molecule has 0 unspecified atom stereocenters. The maximum atomic E-state index is 13.9. The van der Waals surface area contributed by atoms with Gasteiger partial charge in [0.05, 0.1) is 11.7 Å². The highest BCUT2D eigenvalue weighted by molar-refractivity contribution is 5.83. The molecule has 3 rings (SSSR count). The Kier molecular flexibility index (Phi) is 3.85. The summed E-state index contributed by atoms with van der Waals surface area (Å²) in [5, 5.41) is 4.08. The maximum Gasteiger partial charge on any atom is 0.195 e. The van der Waals surface area contributed by atoms with Gasteiger partial charge in [-0.3, -0.25) is 14.5 Å². The Labute approximate surface area is 129 Å². The number of pyridine rings is 1. The first-order chi connectivity index (χ1) is 11.0. The fraction of sp³-hybridized carbons (Fsp3) is 0.188. The van der Waals surface area contributed by atoms with Crippen molar-refractivity contribution >= 4 is 16.8 Å². The van der Waals surface area contributed by atoms with Crippen LogP contribution in [-0.2, 0) is 11.3 Å². The number of rotatable bonds is 4. The van der Waals surface area contributed by atoms with Crippen molar-refractivity contribution in [3.63, 3.8) is 0 Å². The molecule has 4 nitrogen and oxygen atoms in total. The van der Waals surface area contributed by atoms with Crippen LogP contribution in [0.4, 0.5) is 13.2 Å². The van der Waals surface area contributed by atoms with Gasteiger partial charge in [-0.2, -0.15) is 5.10 Å². The van der Waals surface area contributed by atoms with Gasteiger partial charge in [0.25, 0.3) is 0 Å². The van der Waals surface area contributed by atoms with Crippen LogP contribution in [0, 0.1) is 17.5 Å². The first kappa shape index (κ1) is 15.2. The molecule has 1 aromatic carbocycles. The maximum absolute atomic E-state index is 13.9. The quantitative estimate of drug-likeness (QED) is 0.692. The van der Waals surface area contributed by atoms with Gasteiger partial charge in [-0.1, -0.05) is 6.92 Å². The zero-order valence-electron chi connectivity index (χ0n) is 12.2. The zero-order chi connectivity index (χ0) is 16.6. The molecule has 0 aliphatic heterocycles. The van der Waals surface area contributed by atoms with Crippen LogP contribution in [0.1, 0.15) is 13.3 Å². The van der Waals surface area contributed by atoms with Crippen LogP contribution in [0.15, 0.2) is 30.6 Å². The summed E-state index contributed by atoms with van der Waals surface area (Å²) < 4.78 is 41.8. The molecule has 0 aliphatic carbocycles. The summed E-state index contributed by atoms with van der Waals surface area (Å²) in [6, 6.07) is 3.55. The molecule has 0 spiro atoms. The standard InChI is InChI=1S/C16H12F3N3O/c1-2-10(23)8-22-14-5-9(6-20-13(14)7-21-22)11-3-4-12(17)16(19)15(11)18/h3-7H,2,8H2,1H3. The molecule has 7 heteroatoms. The highest BCUT2D eigenvalue weighted by atomic mass is 19.2. The second kappa shape index (κ2) is 5.83. The van der Waals surface area contributed by atoms with E-state index in [9.17, 15) is 18.0 Å². The lowest BCUT2D eigenvalue weighted by atomic mass is 10.1. The SMILES string of the molecule is CCC(=O)Cn1ncc2ncc(-c3ccc(F)c(F)c3F)cc21. The third-order valence-electron chi connectivity index (χ3n) is 3.56. The lowest BCUT2D eigenvalue weighted by Gasteiger charge is -2.06. The molecule has 0 radical (unpaired) electrons. The lowest BCUT2D eigenvalue weighted by Crippen LogP contribution is -2.09. The summed E-state index contributed by atoms with van der Waals surface area (Å²) in [6.07, 6.45) is 3.21. The predicted molar refractivity (Wildman–Crippen MR) is 78.1 cm³/mol. The molecule has 0 fully saturated rings. The first-order valence-corrected chi connectivity index (χ1v) is 6.98. The number of hydrogen-bond acceptors (Lipinski definition) is 3. The van der Waals surface area contributed by atoms with Gasteiger partial charge in [0.2, 0.25) is 0 Å². The molecule has 0 saturated carbocycles. The Bertz CT molecular complexity index is 905. The third kappa shape index (κ3) is 2.69. The van der Waals surface area contributed by atoms with Crippen molar-refractivity contribution in [1.29, 1.82) is 0 Å². The summed E-state index contributed by atoms with van der Waals surface area (Å²) in [5.74, 6) is -4.07. The van der Waals surface area contributed by atoms with E-state index in [1.54, 1.807) is 13.0 Å². The van der Waals surface area contributed by atoms with E-state index in [-0.39, 0.29) is 23.5 Å². The van der Waals surface area contributed by atoms with Gasteiger partial charge in [-0.25, -0.2) is 13.2 Å². The average molecular weight is 319 g/mol. The monoisotopic (exact) mass is 319 g/mol. The van der Waals surface area contributed by atoms with E-state index in [4.69, 9.17) is 0 Å². The second-order valence-electron chi connectivity index (χ2n) is 5.05. The van der Waals surface area contributed by atoms with Gasteiger partial charge in [-0.05, 0) is 18.2 Å². The van der Waals surface area contributed by atoms with Crippen LogP contribution >= 0.6 is 0 Å². The van der Waals surface area contributed by atoms with E-state index in [0.29, 0.717) is 17.5 Å². The van der Waals surface area contributed by atoms with Crippen molar-refractivity contribution in [2.24, 2.45) is 0 Å². The highest BCUT2D eigenvalue weighted by Gasteiger charge is 2.16. The molecule has 3 aromatic rings. The van der Waals surface area contributed by atoms with E-state index in [2.05, 4.69) is 10.1 Å². The molecule has 2 aromatic heterocycles. The van der Waals surface area contributed by atoms with Gasteiger partial charge < -0.3 is 0 Å². The minimum absolute atomic E-state index is 0.0144. The molecular weight excluding hydrogens is 307 g/mol. The molecule has 0 saturated heterocycles. The molecular formula is C16H12F3N3O. The fourth-order valence-corrected chi connectivity index (χ4v) is 2.26. The number of hydrogen-bond donors (Lipinski definition) is 0. The number of Topliss-reactive ketones (excluding diaryl/α,β-unsaturated/α-hetero) is 1. The van der Waals surface area contributed by atoms with Crippen molar-refractivity contribution in [1.82, 2.24) is 14.8 Å². The van der Waals surface area contributed by atoms with E-state index in [1.165, 1.54) is 17.1 Å². The number of halogens is 3. The van der Waals surface area contributed by atoms with Crippen LogP contribution in [0.25, 0.3) is 22.2 Å². The van der Waals surface area contributed by atoms with E-state index < -0.39 is 17.5 Å². The first-order valence-electron chi connectivity index (χ1n) is 6.98. The van der Waals surface area contributed by atoms with Crippen molar-refractivity contribution in [3.05, 3.63) is 48.0 Å². The minimum Gasteiger partial charge on any atom is -0.298 e. The highest BCUT2D eigenvalue weighted by Crippen LogP contribution is 2.27. The van der Waals surface area contributed by atoms with Gasteiger partial charge in [0.15, 0.2) is 23.2 Å². The molecule has 0 atom stereocenters. The number of aromatic nitrogens is 3. The van der Waals surface area contributed by atoms with Crippen molar-refractivity contribution in [2.75, 3.05) is 0 Å². The predicted octanol–water partition coefficient (Wildman–Crippen LogP) is 3.49. The van der Waals surface area contributed by atoms with Crippen LogP contribution in [0.5, 0.6) is 0 Å². The van der Waals surface area contributed by atoms with E-state index >= 15 is 0 Å². The van der Waals surface area contributed by atoms with Gasteiger partial charge >= 0.3 is 0 Å². The normalized spacial score (nSPS) is 11.1. The Morgan fingerprint density at radius 2 is 1.96 bits per heavy atom. The molecule has 23 heavy (non-hydrogen) atoms. The molecule has 0 aliphatic rings. The number of carbonyl (C=O) groups excluding carboxylic acids is 1. The van der Waals surface area contributed by atoms with Gasteiger partial charge in [0.1, 0.15) is 12.1 Å². The van der Waals surface area contributed by atoms with Crippen molar-refractivity contribution < 1.29 is 18.0 Å². The summed E-state index contributed by atoms with van der Waals surface area (Å²) in [5.41, 5.74) is 1.22. The van der Waals surface area contributed by atoms with Crippen LogP contribution < -0.4 is 0 Å². The van der Waals surface area contributed by atoms with Gasteiger partial charge in [-0.15, -0.1) is 0 Å². The largest absolute Gasteiger partial charge is 0.298 e. The summed E-state index contributed by atoms with van der Waals surface area (Å²) >= 11 is 0. The number of ketones is 1. The summed E-state index contributed by atoms with van der Waals surface area (Å²) in [7, 11) is 0. The molecule has 0 bridgehead atoms. The topological polar surface area (TPSA) is 47.8 Å². The number of fused-ring (bicyclic) bond motifs is 1. The Hall–Kier alpha value is -2.70. The average Bonchev–Trinajstić information content (AvgIpc) is 2.95.